The van der Waals surface area contributed by atoms with Gasteiger partial charge in [-0.2, -0.15) is 14.4 Å². The number of hydrogen-bond acceptors (Lipinski definition) is 7. The number of sulfonamides is 1. The van der Waals surface area contributed by atoms with Crippen molar-refractivity contribution in [2.75, 3.05) is 24.6 Å². The maximum Gasteiger partial charge on any atom is 0.312 e. The molecule has 9 nitrogen and oxygen atoms in total. The summed E-state index contributed by atoms with van der Waals surface area (Å²) in [4.78, 5) is 12.1. The van der Waals surface area contributed by atoms with E-state index in [9.17, 15) is 12.8 Å². The van der Waals surface area contributed by atoms with Gasteiger partial charge < -0.3 is 15.0 Å². The van der Waals surface area contributed by atoms with E-state index in [1.165, 1.54) is 5.56 Å². The molecule has 3 heterocycles. The molecular weight excluding hydrogens is 562 g/mol. The molecule has 178 valence electrons. The van der Waals surface area contributed by atoms with Gasteiger partial charge in [-0.15, -0.1) is 0 Å². The lowest BCUT2D eigenvalue weighted by Crippen LogP contribution is -2.30. The molecule has 0 bridgehead atoms. The smallest absolute Gasteiger partial charge is 0.312 e. The van der Waals surface area contributed by atoms with Crippen LogP contribution in [0.3, 0.4) is 0 Å². The van der Waals surface area contributed by atoms with Crippen LogP contribution in [0.4, 0.5) is 10.2 Å². The van der Waals surface area contributed by atoms with E-state index >= 15 is 0 Å². The van der Waals surface area contributed by atoms with Crippen molar-refractivity contribution in [3.05, 3.63) is 38.7 Å². The molecule has 33 heavy (non-hydrogen) atoms. The van der Waals surface area contributed by atoms with E-state index in [0.29, 0.717) is 43.0 Å². The minimum Gasteiger partial charge on any atom is -0.493 e. The summed E-state index contributed by atoms with van der Waals surface area (Å²) in [7, 11) is -3.34. The van der Waals surface area contributed by atoms with E-state index in [4.69, 9.17) is 10.5 Å². The van der Waals surface area contributed by atoms with Gasteiger partial charge in [-0.05, 0) is 58.2 Å². The minimum atomic E-state index is -3.34. The van der Waals surface area contributed by atoms with Crippen LogP contribution in [0.5, 0.6) is 5.75 Å². The third-order valence-corrected chi connectivity index (χ3v) is 8.07. The van der Waals surface area contributed by atoms with Crippen LogP contribution in [0.25, 0.3) is 11.2 Å². The van der Waals surface area contributed by atoms with E-state index < -0.39 is 16.1 Å². The zero-order chi connectivity index (χ0) is 23.8. The van der Waals surface area contributed by atoms with Crippen molar-refractivity contribution < 1.29 is 17.5 Å². The van der Waals surface area contributed by atoms with Crippen LogP contribution in [0, 0.1) is 15.6 Å². The van der Waals surface area contributed by atoms with Crippen LogP contribution in [-0.4, -0.2) is 46.8 Å². The molecule has 0 amide bonds. The predicted octanol–water partition coefficient (Wildman–Crippen LogP) is 2.64. The molecule has 3 aromatic rings. The summed E-state index contributed by atoms with van der Waals surface area (Å²) in [6.45, 7) is 5.03. The second-order valence-corrected chi connectivity index (χ2v) is 11.5. The summed E-state index contributed by atoms with van der Waals surface area (Å²) in [5, 5.41) is 0. The minimum absolute atomic E-state index is 0.0258. The third-order valence-electron chi connectivity index (χ3n) is 5.31. The van der Waals surface area contributed by atoms with Crippen LogP contribution in [0.2, 0.25) is 0 Å². The summed E-state index contributed by atoms with van der Waals surface area (Å²) in [6, 6.07) is 4.13. The SMILES string of the molecule is CC(C)CS(=O)(=O)NCCCn1c(Cc2cc3c(cc2I)CCO3)nc2c(N)nc(F)nc21. The zero-order valence-electron chi connectivity index (χ0n) is 18.4. The summed E-state index contributed by atoms with van der Waals surface area (Å²) in [6.07, 6.45) is 0.908. The third kappa shape index (κ3) is 5.54. The number of anilines is 1. The van der Waals surface area contributed by atoms with Gasteiger partial charge in [-0.1, -0.05) is 13.8 Å². The highest BCUT2D eigenvalue weighted by Gasteiger charge is 2.20. The first-order valence-electron chi connectivity index (χ1n) is 10.7. The molecule has 1 aliphatic rings. The molecule has 0 saturated heterocycles. The number of nitrogens with zero attached hydrogens (tertiary/aromatic N) is 4. The highest BCUT2D eigenvalue weighted by atomic mass is 127. The lowest BCUT2D eigenvalue weighted by molar-refractivity contribution is 0.356. The maximum atomic E-state index is 13.9. The number of halogens is 2. The Hall–Kier alpha value is -2.06. The summed E-state index contributed by atoms with van der Waals surface area (Å²) in [5.74, 6) is 1.60. The molecule has 3 N–H and O–H groups in total. The first-order chi connectivity index (χ1) is 15.6. The topological polar surface area (TPSA) is 125 Å². The molecular formula is C21H26FIN6O3S. The van der Waals surface area contributed by atoms with Gasteiger partial charge in [0.15, 0.2) is 17.0 Å². The molecule has 0 spiro atoms. The van der Waals surface area contributed by atoms with Gasteiger partial charge in [0.2, 0.25) is 10.0 Å². The lowest BCUT2D eigenvalue weighted by Gasteiger charge is -2.12. The van der Waals surface area contributed by atoms with E-state index in [1.54, 1.807) is 4.57 Å². The highest BCUT2D eigenvalue weighted by molar-refractivity contribution is 14.1. The van der Waals surface area contributed by atoms with Crippen LogP contribution >= 0.6 is 22.6 Å². The van der Waals surface area contributed by atoms with Crippen LogP contribution < -0.4 is 15.2 Å². The quantitative estimate of drug-likeness (QED) is 0.224. The van der Waals surface area contributed by atoms with Crippen LogP contribution in [0.15, 0.2) is 12.1 Å². The van der Waals surface area contributed by atoms with Crippen LogP contribution in [0.1, 0.15) is 37.2 Å². The molecule has 0 saturated carbocycles. The average molecular weight is 588 g/mol. The van der Waals surface area contributed by atoms with E-state index in [-0.39, 0.29) is 24.0 Å². The second-order valence-electron chi connectivity index (χ2n) is 8.48. The zero-order valence-corrected chi connectivity index (χ0v) is 21.4. The molecule has 12 heteroatoms. The number of nitrogens with one attached hydrogen (secondary N) is 1. The predicted molar refractivity (Wildman–Crippen MR) is 132 cm³/mol. The number of aryl methyl sites for hydroxylation is 1. The van der Waals surface area contributed by atoms with Gasteiger partial charge in [0.1, 0.15) is 11.6 Å². The number of benzene rings is 1. The largest absolute Gasteiger partial charge is 0.493 e. The number of ether oxygens (including phenoxy) is 1. The Morgan fingerprint density at radius 1 is 1.30 bits per heavy atom. The first-order valence-corrected chi connectivity index (χ1v) is 13.5. The molecule has 0 fully saturated rings. The summed E-state index contributed by atoms with van der Waals surface area (Å²) >= 11 is 2.29. The van der Waals surface area contributed by atoms with Crippen LogP contribution in [-0.2, 0) is 29.4 Å². The molecule has 1 aromatic carbocycles. The first kappa shape index (κ1) is 24.1. The average Bonchev–Trinajstić information content (AvgIpc) is 3.29. The Morgan fingerprint density at radius 2 is 2.09 bits per heavy atom. The Bertz CT molecular complexity index is 1300. The van der Waals surface area contributed by atoms with Crippen molar-refractivity contribution in [3.8, 4) is 5.75 Å². The monoisotopic (exact) mass is 588 g/mol. The van der Waals surface area contributed by atoms with Crippen molar-refractivity contribution in [2.45, 2.75) is 39.7 Å². The van der Waals surface area contributed by atoms with E-state index in [0.717, 1.165) is 21.3 Å². The molecule has 0 radical (unpaired) electrons. The van der Waals surface area contributed by atoms with Crippen molar-refractivity contribution in [2.24, 2.45) is 5.92 Å². The fraction of sp³-hybridized carbons (Fsp3) is 0.476. The fourth-order valence-corrected chi connectivity index (χ4v) is 6.09. The van der Waals surface area contributed by atoms with Gasteiger partial charge in [-0.25, -0.2) is 18.1 Å². The van der Waals surface area contributed by atoms with Crippen molar-refractivity contribution in [1.82, 2.24) is 24.2 Å². The maximum absolute atomic E-state index is 13.9. The number of aromatic nitrogens is 4. The molecule has 4 rings (SSSR count). The fourth-order valence-electron chi connectivity index (χ4n) is 3.92. The number of nitrogens with two attached hydrogens (primary N) is 1. The number of fused-ring (bicyclic) bond motifs is 2. The molecule has 0 atom stereocenters. The van der Waals surface area contributed by atoms with E-state index in [2.05, 4.69) is 48.3 Å². The molecule has 2 aromatic heterocycles. The van der Waals surface area contributed by atoms with E-state index in [1.807, 2.05) is 19.9 Å². The standard InChI is InChI=1S/C21H26FIN6O3S/c1-12(2)11-33(30,31)25-5-3-6-29-17(26-18-19(24)27-21(22)28-20(18)29)10-14-9-16-13(4-7-32-16)8-15(14)23/h8-9,12,25H,3-7,10-11H2,1-2H3,(H2,24,27,28). The van der Waals surface area contributed by atoms with Gasteiger partial charge in [0.05, 0.1) is 12.4 Å². The van der Waals surface area contributed by atoms with Gasteiger partial charge in [-0.3, -0.25) is 0 Å². The molecule has 0 aliphatic carbocycles. The summed E-state index contributed by atoms with van der Waals surface area (Å²) in [5.41, 5.74) is 8.75. The molecule has 1 aliphatic heterocycles. The van der Waals surface area contributed by atoms with Crippen molar-refractivity contribution in [1.29, 1.82) is 0 Å². The Labute approximate surface area is 205 Å². The number of imidazole rings is 1. The highest BCUT2D eigenvalue weighted by Crippen LogP contribution is 2.31. The lowest BCUT2D eigenvalue weighted by atomic mass is 10.1. The number of nitrogen functional groups attached to an aromatic ring is 1. The van der Waals surface area contributed by atoms with Gasteiger partial charge in [0.25, 0.3) is 0 Å². The summed E-state index contributed by atoms with van der Waals surface area (Å²) < 4.78 is 49.4. The molecule has 0 unspecified atom stereocenters. The van der Waals surface area contributed by atoms with Crippen molar-refractivity contribution >= 4 is 49.6 Å². The number of rotatable bonds is 9. The normalized spacial score (nSPS) is 13.6. The second kappa shape index (κ2) is 9.66. The Morgan fingerprint density at radius 3 is 2.85 bits per heavy atom. The van der Waals surface area contributed by atoms with Gasteiger partial charge in [0, 0.05) is 29.5 Å². The van der Waals surface area contributed by atoms with Crippen molar-refractivity contribution in [3.63, 3.8) is 0 Å². The Balaban J connectivity index is 1.60. The Kier molecular flexibility index (Phi) is 7.05. The number of hydrogen-bond donors (Lipinski definition) is 2. The van der Waals surface area contributed by atoms with Gasteiger partial charge >= 0.3 is 6.08 Å².